The molecule has 0 amide bonds. The second kappa shape index (κ2) is 16.0. The second-order valence-corrected chi connectivity index (χ2v) is 7.67. The Hall–Kier alpha value is -0.0100. The summed E-state index contributed by atoms with van der Waals surface area (Å²) < 4.78 is 45.3. The lowest BCUT2D eigenvalue weighted by Crippen LogP contribution is -2.17. The minimum atomic E-state index is -3.83. The van der Waals surface area contributed by atoms with Crippen LogP contribution in [-0.4, -0.2) is 38.7 Å². The highest BCUT2D eigenvalue weighted by Gasteiger charge is 2.28. The maximum absolute atomic E-state index is 12.8. The van der Waals surface area contributed by atoms with Crippen LogP contribution in [0.15, 0.2) is 0 Å². The molecule has 7 nitrogen and oxygen atoms in total. The molecule has 0 saturated carbocycles. The summed E-state index contributed by atoms with van der Waals surface area (Å²) in [6.45, 7) is 11.6. The summed E-state index contributed by atoms with van der Waals surface area (Å²) in [7, 11) is -3.83. The first-order chi connectivity index (χ1) is 12.5. The van der Waals surface area contributed by atoms with E-state index in [1.807, 2.05) is 41.5 Å². The number of ether oxygens (including phenoxy) is 3. The summed E-state index contributed by atoms with van der Waals surface area (Å²) >= 11 is 0. The zero-order valence-corrected chi connectivity index (χ0v) is 18.3. The summed E-state index contributed by atoms with van der Waals surface area (Å²) in [6.07, 6.45) is 5.23. The summed E-state index contributed by atoms with van der Waals surface area (Å²) in [5, 5.41) is 0. The fraction of sp³-hybridized carbons (Fsp3) is 1.00. The third-order valence-electron chi connectivity index (χ3n) is 4.28. The monoisotopic (exact) mass is 398 g/mol. The van der Waals surface area contributed by atoms with Crippen molar-refractivity contribution in [1.82, 2.24) is 0 Å². The van der Waals surface area contributed by atoms with Gasteiger partial charge >= 0.3 is 7.82 Å². The molecule has 26 heavy (non-hydrogen) atoms. The smallest absolute Gasteiger partial charge is 0.352 e. The molecule has 0 aliphatic heterocycles. The zero-order valence-electron chi connectivity index (χ0n) is 17.4. The van der Waals surface area contributed by atoms with E-state index >= 15 is 0 Å². The van der Waals surface area contributed by atoms with Crippen molar-refractivity contribution in [2.75, 3.05) is 20.4 Å². The van der Waals surface area contributed by atoms with Crippen molar-refractivity contribution in [3.8, 4) is 0 Å². The number of phosphoric ester groups is 1. The molecule has 0 N–H and O–H groups in total. The van der Waals surface area contributed by atoms with Crippen LogP contribution in [0, 0.1) is 0 Å². The number of rotatable bonds is 18. The lowest BCUT2D eigenvalue weighted by Gasteiger charge is -2.22. The van der Waals surface area contributed by atoms with Gasteiger partial charge in [-0.1, -0.05) is 41.5 Å². The van der Waals surface area contributed by atoms with Gasteiger partial charge < -0.3 is 14.2 Å². The summed E-state index contributed by atoms with van der Waals surface area (Å²) in [5.41, 5.74) is 0. The van der Waals surface area contributed by atoms with E-state index in [0.717, 1.165) is 38.5 Å². The van der Waals surface area contributed by atoms with Crippen LogP contribution in [0.4, 0.5) is 0 Å². The molecule has 158 valence electrons. The molecule has 8 heteroatoms. The Morgan fingerprint density at radius 1 is 0.538 bits per heavy atom. The lowest BCUT2D eigenvalue weighted by atomic mass is 10.2. The van der Waals surface area contributed by atoms with E-state index in [4.69, 9.17) is 27.8 Å². The average molecular weight is 398 g/mol. The number of hydrogen-bond acceptors (Lipinski definition) is 7. The van der Waals surface area contributed by atoms with E-state index in [1.165, 1.54) is 0 Å². The molecule has 0 aliphatic carbocycles. The first kappa shape index (κ1) is 26.0. The van der Waals surface area contributed by atoms with Gasteiger partial charge in [-0.2, -0.15) is 0 Å². The van der Waals surface area contributed by atoms with Gasteiger partial charge in [-0.15, -0.1) is 0 Å². The Kier molecular flexibility index (Phi) is 16.0. The van der Waals surface area contributed by atoms with Gasteiger partial charge in [0.25, 0.3) is 0 Å². The Morgan fingerprint density at radius 3 is 0.962 bits per heavy atom. The van der Waals surface area contributed by atoms with Crippen LogP contribution in [0.2, 0.25) is 0 Å². The van der Waals surface area contributed by atoms with E-state index in [9.17, 15) is 4.57 Å². The molecular formula is C18H39O7P. The minimum Gasteiger partial charge on any atom is -0.352 e. The van der Waals surface area contributed by atoms with E-state index < -0.39 is 7.82 Å². The maximum Gasteiger partial charge on any atom is 0.481 e. The van der Waals surface area contributed by atoms with Crippen molar-refractivity contribution in [2.24, 2.45) is 0 Å². The van der Waals surface area contributed by atoms with Crippen molar-refractivity contribution in [3.05, 3.63) is 0 Å². The van der Waals surface area contributed by atoms with Crippen LogP contribution >= 0.6 is 7.82 Å². The van der Waals surface area contributed by atoms with Crippen molar-refractivity contribution in [1.29, 1.82) is 0 Å². The van der Waals surface area contributed by atoms with E-state index in [-0.39, 0.29) is 38.7 Å². The summed E-state index contributed by atoms with van der Waals surface area (Å²) in [6, 6.07) is 0. The average Bonchev–Trinajstić information content (AvgIpc) is 2.66. The molecule has 0 atom stereocenters. The standard InChI is InChI=1S/C18H39O7P/c1-7-16(8-2)20-13-23-26(19,24-14-21-17(9-3)10-4)25-15-22-18(11-5)12-6/h16-18H,7-15H2,1-6H3. The minimum absolute atomic E-state index is 0.0464. The van der Waals surface area contributed by atoms with Gasteiger partial charge in [0.1, 0.15) is 0 Å². The van der Waals surface area contributed by atoms with Gasteiger partial charge in [0, 0.05) is 0 Å². The van der Waals surface area contributed by atoms with Gasteiger partial charge in [-0.05, 0) is 38.5 Å². The molecule has 0 fully saturated rings. The number of phosphoric acid groups is 1. The fourth-order valence-corrected chi connectivity index (χ4v) is 3.05. The van der Waals surface area contributed by atoms with E-state index in [1.54, 1.807) is 0 Å². The predicted molar refractivity (Wildman–Crippen MR) is 102 cm³/mol. The highest BCUT2D eigenvalue weighted by Crippen LogP contribution is 2.49. The van der Waals surface area contributed by atoms with Crippen molar-refractivity contribution in [2.45, 2.75) is 98.4 Å². The first-order valence-corrected chi connectivity index (χ1v) is 11.3. The molecule has 0 aromatic heterocycles. The zero-order chi connectivity index (χ0) is 19.8. The van der Waals surface area contributed by atoms with Crippen molar-refractivity contribution in [3.63, 3.8) is 0 Å². The quantitative estimate of drug-likeness (QED) is 0.219. The van der Waals surface area contributed by atoms with Crippen molar-refractivity contribution < 1.29 is 32.3 Å². The van der Waals surface area contributed by atoms with Gasteiger partial charge in [0.15, 0.2) is 20.4 Å². The molecule has 0 saturated heterocycles. The highest BCUT2D eigenvalue weighted by molar-refractivity contribution is 7.48. The van der Waals surface area contributed by atoms with Crippen LogP contribution in [-0.2, 0) is 32.3 Å². The third-order valence-corrected chi connectivity index (χ3v) is 5.54. The fourth-order valence-electron chi connectivity index (χ4n) is 2.26. The third kappa shape index (κ3) is 11.7. The van der Waals surface area contributed by atoms with E-state index in [2.05, 4.69) is 0 Å². The highest BCUT2D eigenvalue weighted by atomic mass is 31.2. The van der Waals surface area contributed by atoms with Gasteiger partial charge in [0.2, 0.25) is 0 Å². The molecule has 0 unspecified atom stereocenters. The molecule has 0 aromatic carbocycles. The molecule has 0 rings (SSSR count). The van der Waals surface area contributed by atoms with Gasteiger partial charge in [0.05, 0.1) is 18.3 Å². The normalized spacial score (nSPS) is 12.7. The number of hydrogen-bond donors (Lipinski definition) is 0. The Balaban J connectivity index is 4.55. The summed E-state index contributed by atoms with van der Waals surface area (Å²) in [5.74, 6) is 0. The Morgan fingerprint density at radius 2 is 0.769 bits per heavy atom. The van der Waals surface area contributed by atoms with Crippen LogP contribution in [0.25, 0.3) is 0 Å². The van der Waals surface area contributed by atoms with E-state index in [0.29, 0.717) is 0 Å². The topological polar surface area (TPSA) is 72.5 Å². The Labute approximate surface area is 159 Å². The maximum atomic E-state index is 12.8. The second-order valence-electron chi connectivity index (χ2n) is 6.00. The molecule has 0 spiro atoms. The lowest BCUT2D eigenvalue weighted by molar-refractivity contribution is -0.105. The molecular weight excluding hydrogens is 359 g/mol. The largest absolute Gasteiger partial charge is 0.481 e. The van der Waals surface area contributed by atoms with Gasteiger partial charge in [-0.3, -0.25) is 13.6 Å². The first-order valence-electron chi connectivity index (χ1n) is 9.86. The SMILES string of the molecule is CCC(CC)OCOP(=O)(OCOC(CC)CC)OCOC(CC)CC. The molecule has 0 heterocycles. The molecule has 0 radical (unpaired) electrons. The molecule has 0 bridgehead atoms. The van der Waals surface area contributed by atoms with Crippen molar-refractivity contribution >= 4 is 7.82 Å². The van der Waals surface area contributed by atoms with Gasteiger partial charge in [-0.25, -0.2) is 4.57 Å². The molecule has 0 aromatic rings. The van der Waals surface area contributed by atoms with Crippen LogP contribution in [0.3, 0.4) is 0 Å². The Bertz CT molecular complexity index is 303. The van der Waals surface area contributed by atoms with Crippen LogP contribution < -0.4 is 0 Å². The van der Waals surface area contributed by atoms with Crippen LogP contribution in [0.1, 0.15) is 80.1 Å². The molecule has 0 aliphatic rings. The summed E-state index contributed by atoms with van der Waals surface area (Å²) in [4.78, 5) is 0. The van der Waals surface area contributed by atoms with Crippen LogP contribution in [0.5, 0.6) is 0 Å². The predicted octanol–water partition coefficient (Wildman–Crippen LogP) is 5.63.